The molecule has 2 fully saturated rings. The van der Waals surface area contributed by atoms with Crippen molar-refractivity contribution in [3.05, 3.63) is 59.7 Å². The molecule has 1 unspecified atom stereocenters. The molecule has 1 atom stereocenters. The third-order valence-electron chi connectivity index (χ3n) is 8.11. The van der Waals surface area contributed by atoms with Gasteiger partial charge < -0.3 is 14.1 Å². The molecule has 12 nitrogen and oxygen atoms in total. The maximum absolute atomic E-state index is 13.3. The fourth-order valence-electron chi connectivity index (χ4n) is 5.82. The highest BCUT2D eigenvalue weighted by Gasteiger charge is 2.51. The molecule has 2 saturated heterocycles. The topological polar surface area (TPSA) is 110 Å². The molecule has 0 saturated carbocycles. The Labute approximate surface area is 234 Å². The van der Waals surface area contributed by atoms with Gasteiger partial charge in [-0.25, -0.2) is 35.6 Å². The lowest BCUT2D eigenvalue weighted by atomic mass is 9.85. The molecule has 4 aliphatic heterocycles. The van der Waals surface area contributed by atoms with Gasteiger partial charge in [-0.05, 0) is 29.8 Å². The van der Waals surface area contributed by atoms with Crippen LogP contribution >= 0.6 is 0 Å². The summed E-state index contributed by atoms with van der Waals surface area (Å²) in [6, 6.07) is 12.4. The number of aliphatic imine (C=N–C) groups is 2. The highest BCUT2D eigenvalue weighted by atomic mass is 16.5. The van der Waals surface area contributed by atoms with E-state index in [-0.39, 0.29) is 11.4 Å². The number of hydrazine groups is 2. The highest BCUT2D eigenvalue weighted by Crippen LogP contribution is 2.38. The third kappa shape index (κ3) is 4.51. The molecular formula is C28H37N9O3. The molecule has 0 aliphatic carbocycles. The number of anilines is 1. The Morgan fingerprint density at radius 1 is 1.10 bits per heavy atom. The summed E-state index contributed by atoms with van der Waals surface area (Å²) >= 11 is 0. The van der Waals surface area contributed by atoms with E-state index in [1.165, 1.54) is 22.6 Å². The summed E-state index contributed by atoms with van der Waals surface area (Å²) in [6.07, 6.45) is 2.60. The zero-order valence-corrected chi connectivity index (χ0v) is 23.5. The van der Waals surface area contributed by atoms with Gasteiger partial charge in [0.25, 0.3) is 0 Å². The van der Waals surface area contributed by atoms with Gasteiger partial charge in [0.2, 0.25) is 6.29 Å². The monoisotopic (exact) mass is 547 g/mol. The zero-order chi connectivity index (χ0) is 28.0. The van der Waals surface area contributed by atoms with Gasteiger partial charge in [-0.1, -0.05) is 26.0 Å². The molecule has 1 aromatic heterocycles. The molecular weight excluding hydrogens is 510 g/mol. The maximum Gasteiger partial charge on any atom is 0.341 e. The van der Waals surface area contributed by atoms with Crippen molar-refractivity contribution in [2.75, 3.05) is 64.9 Å². The molecule has 5 heterocycles. The minimum Gasteiger partial charge on any atom is -0.463 e. The number of ether oxygens (including phenoxy) is 1. The van der Waals surface area contributed by atoms with Crippen LogP contribution < -0.4 is 10.7 Å². The van der Waals surface area contributed by atoms with Crippen molar-refractivity contribution in [2.45, 2.75) is 25.6 Å². The fourth-order valence-corrected chi connectivity index (χ4v) is 5.82. The lowest BCUT2D eigenvalue weighted by Crippen LogP contribution is -2.49. The van der Waals surface area contributed by atoms with E-state index >= 15 is 0 Å². The number of benzene rings is 1. The largest absolute Gasteiger partial charge is 0.463 e. The third-order valence-corrected chi connectivity index (χ3v) is 8.11. The number of rotatable bonds is 8. The van der Waals surface area contributed by atoms with Crippen LogP contribution in [0, 0.1) is 0 Å². The number of hydrogen-bond acceptors (Lipinski definition) is 10. The van der Waals surface area contributed by atoms with Crippen molar-refractivity contribution in [3.8, 4) is 0 Å². The van der Waals surface area contributed by atoms with Crippen LogP contribution in [0.15, 0.2) is 62.8 Å². The number of hydrogen-bond donors (Lipinski definition) is 1. The van der Waals surface area contributed by atoms with E-state index in [1.54, 1.807) is 36.4 Å². The number of nitrogens with zero attached hydrogens (tertiary/aromatic N) is 8. The predicted octanol–water partition coefficient (Wildman–Crippen LogP) is 2.19. The standard InChI is InChI=1S/C28H37N9O3/c1-28(2,18-39-4)20-7-9-21(10-8-20)34-14-11-33(12-15-34)13-16-35-26-31-25-24(37(26)32(3)27(35)38)23(30-19-36(25)29)22-6-5-17-40-22/h5-10,17,19,26H,11-16,18,29H2,1-4H3. The van der Waals surface area contributed by atoms with Crippen LogP contribution in [0.5, 0.6) is 0 Å². The lowest BCUT2D eigenvalue weighted by molar-refractivity contribution is 0.0841. The summed E-state index contributed by atoms with van der Waals surface area (Å²) in [5.41, 5.74) is 3.76. The van der Waals surface area contributed by atoms with Crippen LogP contribution in [0.3, 0.4) is 0 Å². The molecule has 1 aromatic carbocycles. The number of carbonyl (C=O) groups is 1. The molecule has 0 spiro atoms. The Morgan fingerprint density at radius 2 is 1.85 bits per heavy atom. The first-order valence-electron chi connectivity index (χ1n) is 13.6. The number of amidine groups is 1. The first kappa shape index (κ1) is 26.4. The number of piperazine rings is 1. The van der Waals surface area contributed by atoms with Crippen molar-refractivity contribution in [2.24, 2.45) is 15.8 Å². The second kappa shape index (κ2) is 10.3. The lowest BCUT2D eigenvalue weighted by Gasteiger charge is -2.37. The van der Waals surface area contributed by atoms with Crippen molar-refractivity contribution >= 4 is 29.6 Å². The van der Waals surface area contributed by atoms with E-state index in [0.717, 1.165) is 32.7 Å². The van der Waals surface area contributed by atoms with E-state index in [0.29, 0.717) is 36.1 Å². The molecule has 212 valence electrons. The van der Waals surface area contributed by atoms with Gasteiger partial charge in [-0.3, -0.25) is 9.80 Å². The summed E-state index contributed by atoms with van der Waals surface area (Å²) in [5.74, 6) is 7.33. The molecule has 0 bridgehead atoms. The van der Waals surface area contributed by atoms with Crippen molar-refractivity contribution < 1.29 is 13.9 Å². The molecule has 2 N–H and O–H groups in total. The Kier molecular flexibility index (Phi) is 6.77. The van der Waals surface area contributed by atoms with Gasteiger partial charge in [0.05, 0.1) is 12.9 Å². The van der Waals surface area contributed by atoms with Gasteiger partial charge in [0.1, 0.15) is 17.7 Å². The minimum absolute atomic E-state index is 0.0170. The second-order valence-corrected chi connectivity index (χ2v) is 11.2. The van der Waals surface area contributed by atoms with Crippen molar-refractivity contribution in [3.63, 3.8) is 0 Å². The predicted molar refractivity (Wildman–Crippen MR) is 153 cm³/mol. The highest BCUT2D eigenvalue weighted by molar-refractivity contribution is 6.12. The number of amides is 2. The Hall–Kier alpha value is -3.87. The molecule has 40 heavy (non-hydrogen) atoms. The Morgan fingerprint density at radius 3 is 2.52 bits per heavy atom. The second-order valence-electron chi connectivity index (χ2n) is 11.2. The van der Waals surface area contributed by atoms with Crippen molar-refractivity contribution in [1.82, 2.24) is 24.8 Å². The summed E-state index contributed by atoms with van der Waals surface area (Å²) < 4.78 is 11.0. The molecule has 12 heteroatoms. The van der Waals surface area contributed by atoms with E-state index in [2.05, 4.69) is 52.9 Å². The average Bonchev–Trinajstić information content (AvgIpc) is 3.67. The molecule has 4 aliphatic rings. The van der Waals surface area contributed by atoms with E-state index < -0.39 is 6.29 Å². The van der Waals surface area contributed by atoms with Crippen LogP contribution in [0.2, 0.25) is 0 Å². The van der Waals surface area contributed by atoms with E-state index in [9.17, 15) is 4.79 Å². The summed E-state index contributed by atoms with van der Waals surface area (Å²) in [5, 5.41) is 4.83. The minimum atomic E-state index is -0.512. The van der Waals surface area contributed by atoms with Crippen molar-refractivity contribution in [1.29, 1.82) is 0 Å². The Bertz CT molecular complexity index is 1330. The number of carbonyl (C=O) groups excluding carboxylic acids is 1. The van der Waals surface area contributed by atoms with E-state index in [1.807, 2.05) is 11.1 Å². The number of methoxy groups -OCH3 is 1. The molecule has 0 radical (unpaired) electrons. The first-order valence-corrected chi connectivity index (χ1v) is 13.6. The number of fused-ring (bicyclic) bond motifs is 3. The van der Waals surface area contributed by atoms with Crippen LogP contribution in [0.25, 0.3) is 5.70 Å². The van der Waals surface area contributed by atoms with Crippen LogP contribution in [-0.2, 0) is 10.2 Å². The van der Waals surface area contributed by atoms with Gasteiger partial charge in [0.15, 0.2) is 11.6 Å². The van der Waals surface area contributed by atoms with Gasteiger partial charge >= 0.3 is 6.03 Å². The Balaban J connectivity index is 1.09. The van der Waals surface area contributed by atoms with Gasteiger partial charge in [-0.2, -0.15) is 0 Å². The SMILES string of the molecule is COCC(C)(C)c1ccc(N2CCN(CCN3C(=O)N(C)N4C5=C(c6ccco6)N=CN(N)C5=NC34)CC2)cc1. The van der Waals surface area contributed by atoms with Gasteiger partial charge in [-0.15, -0.1) is 0 Å². The first-order chi connectivity index (χ1) is 19.3. The average molecular weight is 548 g/mol. The number of nitrogens with two attached hydrogens (primary N) is 1. The van der Waals surface area contributed by atoms with Gasteiger partial charge in [0, 0.05) is 64.5 Å². The summed E-state index contributed by atoms with van der Waals surface area (Å²) in [6.45, 7) is 10.1. The summed E-state index contributed by atoms with van der Waals surface area (Å²) in [4.78, 5) is 29.2. The number of urea groups is 1. The van der Waals surface area contributed by atoms with Crippen LogP contribution in [-0.4, -0.2) is 109 Å². The molecule has 2 amide bonds. The molecule has 2 aromatic rings. The normalized spacial score (nSPS) is 21.5. The molecule has 6 rings (SSSR count). The van der Waals surface area contributed by atoms with E-state index in [4.69, 9.17) is 20.0 Å². The van der Waals surface area contributed by atoms with Crippen LogP contribution in [0.4, 0.5) is 10.5 Å². The summed E-state index contributed by atoms with van der Waals surface area (Å²) in [7, 11) is 3.50. The zero-order valence-electron chi connectivity index (χ0n) is 23.5. The van der Waals surface area contributed by atoms with Crippen LogP contribution in [0.1, 0.15) is 25.2 Å². The smallest absolute Gasteiger partial charge is 0.341 e. The fraction of sp³-hybridized carbons (Fsp3) is 0.464. The maximum atomic E-state index is 13.3. The quantitative estimate of drug-likeness (QED) is 0.501. The number of furan rings is 1.